The normalized spacial score (nSPS) is 16.4. The molecule has 1 N–H and O–H groups in total. The zero-order chi connectivity index (χ0) is 28.0. The number of Topliss-reactive ketones (excluding diaryl/α,β-unsaturated/α-hetero) is 1. The van der Waals surface area contributed by atoms with Crippen LogP contribution in [0, 0.1) is 5.92 Å². The Morgan fingerprint density at radius 2 is 1.85 bits per heavy atom. The Bertz CT molecular complexity index is 1170. The van der Waals surface area contributed by atoms with Crippen molar-refractivity contribution in [1.82, 2.24) is 25.3 Å². The van der Waals surface area contributed by atoms with Crippen LogP contribution in [0.3, 0.4) is 0 Å². The Kier molecular flexibility index (Phi) is 11.2. The fourth-order valence-electron chi connectivity index (χ4n) is 5.00. The first-order valence-corrected chi connectivity index (χ1v) is 14.3. The van der Waals surface area contributed by atoms with Crippen LogP contribution in [0.2, 0.25) is 0 Å². The zero-order valence-electron chi connectivity index (χ0n) is 23.4. The molecule has 0 bridgehead atoms. The number of ketones is 1. The molecule has 1 aromatic carbocycles. The summed E-state index contributed by atoms with van der Waals surface area (Å²) < 4.78 is 16.5. The van der Waals surface area contributed by atoms with E-state index in [0.717, 1.165) is 31.6 Å². The van der Waals surface area contributed by atoms with Gasteiger partial charge in [-0.3, -0.25) is 14.4 Å². The van der Waals surface area contributed by atoms with Gasteiger partial charge in [0.2, 0.25) is 19.0 Å². The lowest BCUT2D eigenvalue weighted by Crippen LogP contribution is -2.65. The fraction of sp³-hybridized carbons (Fsp3) is 0.593. The number of rotatable bonds is 13. The van der Waals surface area contributed by atoms with E-state index in [-0.39, 0.29) is 36.9 Å². The lowest BCUT2D eigenvalue weighted by Gasteiger charge is -2.48. The summed E-state index contributed by atoms with van der Waals surface area (Å²) in [4.78, 5) is 43.6. The number of carbonyl (C=O) groups is 3. The minimum Gasteiger partial charge on any atom is -0.454 e. The summed E-state index contributed by atoms with van der Waals surface area (Å²) in [5.74, 6) is 0.982. The molecule has 0 spiro atoms. The summed E-state index contributed by atoms with van der Waals surface area (Å²) in [5, 5.41) is 11.5. The minimum absolute atomic E-state index is 0. The molecule has 220 valence electrons. The number of nitrogens with zero attached hydrogens (tertiary/aromatic N) is 4. The molecule has 11 nitrogen and oxygen atoms in total. The van der Waals surface area contributed by atoms with Gasteiger partial charge in [-0.05, 0) is 70.3 Å². The van der Waals surface area contributed by atoms with Gasteiger partial charge in [0.25, 0.3) is 17.0 Å². The van der Waals surface area contributed by atoms with Gasteiger partial charge in [0, 0.05) is 17.9 Å². The number of amides is 2. The number of hydrogen-bond acceptors (Lipinski definition) is 10. The Labute approximate surface area is 245 Å². The summed E-state index contributed by atoms with van der Waals surface area (Å²) >= 11 is 1.38. The van der Waals surface area contributed by atoms with E-state index in [1.807, 2.05) is 32.8 Å². The topological polar surface area (TPSA) is 127 Å². The van der Waals surface area contributed by atoms with E-state index in [1.165, 1.54) is 16.7 Å². The molecule has 2 aliphatic rings. The quantitative estimate of drug-likeness (QED) is 0.157. The molecular formula is C27H38ClN5O6S. The molecule has 0 radical (unpaired) electrons. The van der Waals surface area contributed by atoms with Gasteiger partial charge in [-0.2, -0.15) is 0 Å². The van der Waals surface area contributed by atoms with Crippen molar-refractivity contribution in [2.75, 3.05) is 33.2 Å². The van der Waals surface area contributed by atoms with Crippen molar-refractivity contribution in [3.8, 4) is 11.5 Å². The standard InChI is InChI=1S/C27H37N5O6S.ClH/c1-18(2)14-20(23(34)25-29-30-26(38-25)39-13-12-31(3)4)32(16-33)27(10-6-5-7-11-27)28-24(35)19-8-9-21-22(15-19)37-17-36-21;/h8-9,15-16,18,20H,5-7,10-14,17H2,1-4H3,(H,28,35);1H. The second kappa shape index (κ2) is 14.2. The first-order valence-electron chi connectivity index (χ1n) is 13.3. The van der Waals surface area contributed by atoms with Crippen molar-refractivity contribution in [2.45, 2.75) is 69.3 Å². The molecule has 1 unspecified atom stereocenters. The third-order valence-electron chi connectivity index (χ3n) is 6.98. The van der Waals surface area contributed by atoms with Crippen molar-refractivity contribution in [2.24, 2.45) is 5.92 Å². The van der Waals surface area contributed by atoms with E-state index in [0.29, 0.717) is 48.0 Å². The van der Waals surface area contributed by atoms with Crippen molar-refractivity contribution in [3.63, 3.8) is 0 Å². The molecule has 0 saturated heterocycles. The number of aromatic nitrogens is 2. The lowest BCUT2D eigenvalue weighted by atomic mass is 9.84. The number of thioether (sulfide) groups is 1. The first-order chi connectivity index (χ1) is 18.7. The van der Waals surface area contributed by atoms with Gasteiger partial charge in [-0.15, -0.1) is 22.6 Å². The van der Waals surface area contributed by atoms with Crippen LogP contribution < -0.4 is 14.8 Å². The number of nitrogens with one attached hydrogen (secondary N) is 1. The highest BCUT2D eigenvalue weighted by Gasteiger charge is 2.45. The summed E-state index contributed by atoms with van der Waals surface area (Å²) in [6, 6.07) is 4.11. The highest BCUT2D eigenvalue weighted by molar-refractivity contribution is 7.99. The van der Waals surface area contributed by atoms with E-state index in [9.17, 15) is 14.4 Å². The van der Waals surface area contributed by atoms with E-state index in [4.69, 9.17) is 13.9 Å². The van der Waals surface area contributed by atoms with Crippen molar-refractivity contribution in [3.05, 3.63) is 29.7 Å². The largest absolute Gasteiger partial charge is 0.454 e. The second-order valence-electron chi connectivity index (χ2n) is 10.7. The maximum Gasteiger partial charge on any atom is 0.286 e. The molecule has 1 atom stereocenters. The third kappa shape index (κ3) is 7.46. The van der Waals surface area contributed by atoms with Crippen LogP contribution >= 0.6 is 24.2 Å². The molecule has 2 amide bonds. The van der Waals surface area contributed by atoms with Crippen molar-refractivity contribution < 1.29 is 28.3 Å². The Morgan fingerprint density at radius 1 is 1.12 bits per heavy atom. The number of fused-ring (bicyclic) bond motifs is 1. The summed E-state index contributed by atoms with van der Waals surface area (Å²) in [6.45, 7) is 4.89. The Morgan fingerprint density at radius 3 is 2.52 bits per heavy atom. The number of hydrogen-bond donors (Lipinski definition) is 1. The van der Waals surface area contributed by atoms with Gasteiger partial charge in [0.05, 0.1) is 0 Å². The fourth-order valence-corrected chi connectivity index (χ4v) is 5.86. The molecule has 40 heavy (non-hydrogen) atoms. The average molecular weight is 596 g/mol. The van der Waals surface area contributed by atoms with E-state index in [2.05, 4.69) is 15.5 Å². The number of halogens is 1. The molecule has 1 aromatic heterocycles. The van der Waals surface area contributed by atoms with E-state index in [1.54, 1.807) is 18.2 Å². The van der Waals surface area contributed by atoms with Crippen LogP contribution in [0.25, 0.3) is 0 Å². The van der Waals surface area contributed by atoms with Crippen LogP contribution in [-0.4, -0.2) is 83.0 Å². The zero-order valence-corrected chi connectivity index (χ0v) is 25.0. The molecule has 2 aromatic rings. The van der Waals surface area contributed by atoms with Crippen LogP contribution in [-0.2, 0) is 4.79 Å². The van der Waals surface area contributed by atoms with E-state index >= 15 is 0 Å². The van der Waals surface area contributed by atoms with Crippen LogP contribution in [0.4, 0.5) is 0 Å². The minimum atomic E-state index is -1.04. The van der Waals surface area contributed by atoms with Crippen LogP contribution in [0.1, 0.15) is 73.4 Å². The summed E-state index contributed by atoms with van der Waals surface area (Å²) in [7, 11) is 3.94. The molecule has 2 heterocycles. The van der Waals surface area contributed by atoms with Crippen molar-refractivity contribution in [1.29, 1.82) is 0 Å². The van der Waals surface area contributed by atoms with E-state index < -0.39 is 17.5 Å². The second-order valence-corrected chi connectivity index (χ2v) is 11.7. The molecule has 1 saturated carbocycles. The van der Waals surface area contributed by atoms with Crippen molar-refractivity contribution >= 4 is 42.3 Å². The predicted molar refractivity (Wildman–Crippen MR) is 152 cm³/mol. The number of benzene rings is 1. The highest BCUT2D eigenvalue weighted by atomic mass is 35.5. The van der Waals surface area contributed by atoms with Gasteiger partial charge < -0.3 is 29.0 Å². The van der Waals surface area contributed by atoms with Gasteiger partial charge in [0.1, 0.15) is 11.7 Å². The average Bonchev–Trinajstić information content (AvgIpc) is 3.57. The Hall–Kier alpha value is -2.83. The Balaban J connectivity index is 0.00000441. The third-order valence-corrected chi connectivity index (χ3v) is 7.78. The molecule has 4 rings (SSSR count). The molecule has 1 fully saturated rings. The summed E-state index contributed by atoms with van der Waals surface area (Å²) in [5.41, 5.74) is -0.649. The maximum absolute atomic E-state index is 13.8. The SMILES string of the molecule is CC(C)CC(C(=O)c1nnc(SCCN(C)C)o1)N(C=O)C1(NC(=O)c2ccc3c(c2)OCO3)CCCCC1.Cl. The molecule has 1 aliphatic heterocycles. The maximum atomic E-state index is 13.8. The lowest BCUT2D eigenvalue weighted by molar-refractivity contribution is -0.129. The highest BCUT2D eigenvalue weighted by Crippen LogP contribution is 2.36. The van der Waals surface area contributed by atoms with Gasteiger partial charge >= 0.3 is 0 Å². The number of ether oxygens (including phenoxy) is 2. The molecule has 1 aliphatic carbocycles. The smallest absolute Gasteiger partial charge is 0.286 e. The summed E-state index contributed by atoms with van der Waals surface area (Å²) in [6.07, 6.45) is 4.71. The first kappa shape index (κ1) is 31.7. The van der Waals surface area contributed by atoms with Gasteiger partial charge in [-0.25, -0.2) is 0 Å². The predicted octanol–water partition coefficient (Wildman–Crippen LogP) is 4.02. The van der Waals surface area contributed by atoms with Gasteiger partial charge in [0.15, 0.2) is 11.5 Å². The molecule has 13 heteroatoms. The number of carbonyl (C=O) groups excluding carboxylic acids is 3. The van der Waals surface area contributed by atoms with Gasteiger partial charge in [-0.1, -0.05) is 32.0 Å². The molecular weight excluding hydrogens is 558 g/mol. The van der Waals surface area contributed by atoms with Crippen LogP contribution in [0.5, 0.6) is 11.5 Å². The van der Waals surface area contributed by atoms with Crippen LogP contribution in [0.15, 0.2) is 27.8 Å². The monoisotopic (exact) mass is 595 g/mol.